The Hall–Kier alpha value is -0.450. The van der Waals surface area contributed by atoms with Crippen LogP contribution in [0.25, 0.3) is 0 Å². The van der Waals surface area contributed by atoms with Crippen LogP contribution in [0.4, 0.5) is 0 Å². The lowest BCUT2D eigenvalue weighted by Gasteiger charge is -2.23. The van der Waals surface area contributed by atoms with Crippen molar-refractivity contribution in [2.24, 2.45) is 11.8 Å². The number of rotatable bonds is 5. The van der Waals surface area contributed by atoms with Gasteiger partial charge in [0.2, 0.25) is 0 Å². The molecule has 0 aromatic heterocycles. The highest BCUT2D eigenvalue weighted by Crippen LogP contribution is 2.38. The number of carbonyl (C=O) groups is 1. The molecule has 1 N–H and O–H groups in total. The second-order valence-corrected chi connectivity index (χ2v) is 6.22. The van der Waals surface area contributed by atoms with Crippen LogP contribution in [0.2, 0.25) is 0 Å². The van der Waals surface area contributed by atoms with Crippen LogP contribution in [-0.4, -0.2) is 54.2 Å². The van der Waals surface area contributed by atoms with E-state index in [4.69, 9.17) is 4.74 Å². The zero-order valence-electron chi connectivity index (χ0n) is 11.7. The average Bonchev–Trinajstić information content (AvgIpc) is 2.88. The Bertz CT molecular complexity index is 316. The molecule has 104 valence electrons. The summed E-state index contributed by atoms with van der Waals surface area (Å²) in [6.07, 6.45) is 2.51. The van der Waals surface area contributed by atoms with E-state index < -0.39 is 5.60 Å². The van der Waals surface area contributed by atoms with Crippen molar-refractivity contribution in [2.75, 3.05) is 26.7 Å². The van der Waals surface area contributed by atoms with Gasteiger partial charge >= 0.3 is 0 Å². The number of aliphatic hydroxyl groups excluding tert-OH is 1. The maximum Gasteiger partial charge on any atom is 0.165 e. The number of aliphatic hydroxyl groups is 1. The monoisotopic (exact) mass is 255 g/mol. The normalized spacial score (nSPS) is 32.8. The van der Waals surface area contributed by atoms with Gasteiger partial charge in [0.25, 0.3) is 0 Å². The SMILES string of the molecule is COC(C)(C)C(=O)CCN1CC2CCC(O)C2C1. The minimum absolute atomic E-state index is 0.119. The molecule has 18 heavy (non-hydrogen) atoms. The molecule has 4 nitrogen and oxygen atoms in total. The van der Waals surface area contributed by atoms with Crippen LogP contribution < -0.4 is 0 Å². The zero-order chi connectivity index (χ0) is 13.3. The van der Waals surface area contributed by atoms with Crippen molar-refractivity contribution in [2.45, 2.75) is 44.8 Å². The predicted molar refractivity (Wildman–Crippen MR) is 69.4 cm³/mol. The molecule has 1 aliphatic carbocycles. The van der Waals surface area contributed by atoms with E-state index in [1.165, 1.54) is 0 Å². The first-order valence-corrected chi connectivity index (χ1v) is 6.93. The fourth-order valence-electron chi connectivity index (χ4n) is 3.19. The van der Waals surface area contributed by atoms with Gasteiger partial charge in [0.15, 0.2) is 5.78 Å². The van der Waals surface area contributed by atoms with Gasteiger partial charge in [-0.1, -0.05) is 0 Å². The number of carbonyl (C=O) groups excluding carboxylic acids is 1. The molecule has 2 rings (SSSR count). The zero-order valence-corrected chi connectivity index (χ0v) is 11.7. The molecule has 1 saturated heterocycles. The average molecular weight is 255 g/mol. The summed E-state index contributed by atoms with van der Waals surface area (Å²) in [7, 11) is 1.58. The lowest BCUT2D eigenvalue weighted by molar-refractivity contribution is -0.137. The Morgan fingerprint density at radius 2 is 2.11 bits per heavy atom. The molecule has 0 amide bonds. The molecule has 0 radical (unpaired) electrons. The predicted octanol–water partition coefficient (Wildman–Crippen LogP) is 1.07. The second-order valence-electron chi connectivity index (χ2n) is 6.22. The minimum atomic E-state index is -0.672. The van der Waals surface area contributed by atoms with E-state index in [2.05, 4.69) is 4.90 Å². The van der Waals surface area contributed by atoms with E-state index in [-0.39, 0.29) is 11.9 Å². The Morgan fingerprint density at radius 1 is 1.39 bits per heavy atom. The molecule has 3 unspecified atom stereocenters. The minimum Gasteiger partial charge on any atom is -0.393 e. The van der Waals surface area contributed by atoms with E-state index in [1.54, 1.807) is 7.11 Å². The number of fused-ring (bicyclic) bond motifs is 1. The molecular weight excluding hydrogens is 230 g/mol. The van der Waals surface area contributed by atoms with Gasteiger partial charge in [0.1, 0.15) is 5.60 Å². The van der Waals surface area contributed by atoms with Crippen LogP contribution in [0.3, 0.4) is 0 Å². The lowest BCUT2D eigenvalue weighted by Crippen LogP contribution is -2.36. The molecule has 0 aromatic rings. The molecule has 1 aliphatic heterocycles. The number of Topliss-reactive ketones (excluding diaryl/α,β-unsaturated/α-hetero) is 1. The summed E-state index contributed by atoms with van der Waals surface area (Å²) in [5.41, 5.74) is -0.672. The maximum atomic E-state index is 12.0. The summed E-state index contributed by atoms with van der Waals surface area (Å²) < 4.78 is 5.20. The molecule has 0 aromatic carbocycles. The largest absolute Gasteiger partial charge is 0.393 e. The van der Waals surface area contributed by atoms with Gasteiger partial charge < -0.3 is 14.7 Å². The van der Waals surface area contributed by atoms with Crippen molar-refractivity contribution in [3.8, 4) is 0 Å². The van der Waals surface area contributed by atoms with E-state index >= 15 is 0 Å². The Labute approximate surface area is 109 Å². The third kappa shape index (κ3) is 2.76. The number of hydrogen-bond donors (Lipinski definition) is 1. The third-order valence-corrected chi connectivity index (χ3v) is 4.73. The van der Waals surface area contributed by atoms with E-state index in [0.717, 1.165) is 32.5 Å². The van der Waals surface area contributed by atoms with Crippen molar-refractivity contribution < 1.29 is 14.6 Å². The highest BCUT2D eigenvalue weighted by molar-refractivity contribution is 5.86. The number of hydrogen-bond acceptors (Lipinski definition) is 4. The van der Waals surface area contributed by atoms with E-state index in [0.29, 0.717) is 18.3 Å². The Morgan fingerprint density at radius 3 is 2.72 bits per heavy atom. The molecule has 3 atom stereocenters. The molecule has 0 bridgehead atoms. The second kappa shape index (κ2) is 5.27. The number of nitrogens with zero attached hydrogens (tertiary/aromatic N) is 1. The van der Waals surface area contributed by atoms with Gasteiger partial charge in [-0.3, -0.25) is 4.79 Å². The number of likely N-dealkylation sites (tertiary alicyclic amines) is 1. The van der Waals surface area contributed by atoms with Crippen LogP contribution in [-0.2, 0) is 9.53 Å². The fourth-order valence-corrected chi connectivity index (χ4v) is 3.19. The van der Waals surface area contributed by atoms with Crippen molar-refractivity contribution in [1.29, 1.82) is 0 Å². The number of methoxy groups -OCH3 is 1. The number of ketones is 1. The topological polar surface area (TPSA) is 49.8 Å². The van der Waals surface area contributed by atoms with Crippen molar-refractivity contribution in [3.05, 3.63) is 0 Å². The van der Waals surface area contributed by atoms with Crippen molar-refractivity contribution in [3.63, 3.8) is 0 Å². The highest BCUT2D eigenvalue weighted by Gasteiger charge is 2.41. The summed E-state index contributed by atoms with van der Waals surface area (Å²) in [5, 5.41) is 9.85. The smallest absolute Gasteiger partial charge is 0.165 e. The molecule has 4 heteroatoms. The van der Waals surface area contributed by atoms with Gasteiger partial charge in [-0.25, -0.2) is 0 Å². The third-order valence-electron chi connectivity index (χ3n) is 4.73. The van der Waals surface area contributed by atoms with Gasteiger partial charge in [-0.05, 0) is 32.6 Å². The lowest BCUT2D eigenvalue weighted by atomic mass is 10.00. The summed E-state index contributed by atoms with van der Waals surface area (Å²) in [5.74, 6) is 1.24. The van der Waals surface area contributed by atoms with Crippen LogP contribution in [0, 0.1) is 11.8 Å². The summed E-state index contributed by atoms with van der Waals surface area (Å²) in [6.45, 7) is 6.43. The van der Waals surface area contributed by atoms with Crippen LogP contribution in [0.15, 0.2) is 0 Å². The quantitative estimate of drug-likeness (QED) is 0.798. The summed E-state index contributed by atoms with van der Waals surface area (Å²) >= 11 is 0. The van der Waals surface area contributed by atoms with Crippen LogP contribution >= 0.6 is 0 Å². The highest BCUT2D eigenvalue weighted by atomic mass is 16.5. The molecule has 2 aliphatic rings. The van der Waals surface area contributed by atoms with Crippen molar-refractivity contribution in [1.82, 2.24) is 4.90 Å². The first kappa shape index (κ1) is 14.0. The van der Waals surface area contributed by atoms with E-state index in [1.807, 2.05) is 13.8 Å². The van der Waals surface area contributed by atoms with Gasteiger partial charge in [0.05, 0.1) is 6.10 Å². The fraction of sp³-hybridized carbons (Fsp3) is 0.929. The standard InChI is InChI=1S/C14H25NO3/c1-14(2,18-3)13(17)6-7-15-8-10-4-5-12(16)11(10)9-15/h10-12,16H,4-9H2,1-3H3. The Kier molecular flexibility index (Phi) is 4.09. The summed E-state index contributed by atoms with van der Waals surface area (Å²) in [6, 6.07) is 0. The van der Waals surface area contributed by atoms with Crippen LogP contribution in [0.1, 0.15) is 33.1 Å². The molecular formula is C14H25NO3. The van der Waals surface area contributed by atoms with Gasteiger partial charge in [-0.15, -0.1) is 0 Å². The first-order chi connectivity index (χ1) is 8.44. The molecule has 0 spiro atoms. The molecule has 1 heterocycles. The summed E-state index contributed by atoms with van der Waals surface area (Å²) in [4.78, 5) is 14.3. The van der Waals surface area contributed by atoms with Gasteiger partial charge in [0, 0.05) is 39.1 Å². The first-order valence-electron chi connectivity index (χ1n) is 6.93. The van der Waals surface area contributed by atoms with Crippen LogP contribution in [0.5, 0.6) is 0 Å². The van der Waals surface area contributed by atoms with Crippen molar-refractivity contribution >= 4 is 5.78 Å². The molecule has 1 saturated carbocycles. The van der Waals surface area contributed by atoms with E-state index in [9.17, 15) is 9.90 Å². The molecule has 2 fully saturated rings. The maximum absolute atomic E-state index is 12.0. The van der Waals surface area contributed by atoms with Gasteiger partial charge in [-0.2, -0.15) is 0 Å². The number of ether oxygens (including phenoxy) is 1. The Balaban J connectivity index is 1.78.